The van der Waals surface area contributed by atoms with Crippen molar-refractivity contribution in [1.82, 2.24) is 39.5 Å². The number of aromatic nitrogens is 8. The van der Waals surface area contributed by atoms with Crippen LogP contribution in [-0.4, -0.2) is 85.7 Å². The van der Waals surface area contributed by atoms with E-state index >= 15 is 0 Å². The van der Waals surface area contributed by atoms with Crippen LogP contribution in [0.1, 0.15) is 19.0 Å². The Labute approximate surface area is 185 Å². The van der Waals surface area contributed by atoms with E-state index in [-0.39, 0.29) is 11.8 Å². The predicted octanol–water partition coefficient (Wildman–Crippen LogP) is -1.69. The van der Waals surface area contributed by atoms with Crippen LogP contribution < -0.4 is 16.8 Å². The Morgan fingerprint density at radius 3 is 2.82 bits per heavy atom. The monoisotopic (exact) mass is 457 g/mol. The summed E-state index contributed by atoms with van der Waals surface area (Å²) in [5, 5.41) is 33.6. The SMILES string of the molecule is C[C@@]1(O)[C@H](O)[C@@H](CO)O[C@H]1n1cnc2c(NCCc3nc4nc(N)nc(N)c4[nH]3)ncnc21. The first kappa shape index (κ1) is 21.2. The molecule has 1 saturated heterocycles. The van der Waals surface area contributed by atoms with Gasteiger partial charge in [0, 0.05) is 13.0 Å². The lowest BCUT2D eigenvalue weighted by Crippen LogP contribution is -2.44. The number of fused-ring (bicyclic) bond motifs is 2. The minimum absolute atomic E-state index is 0.0539. The zero-order chi connectivity index (χ0) is 23.3. The second kappa shape index (κ2) is 7.73. The molecule has 4 atom stereocenters. The Morgan fingerprint density at radius 2 is 2.06 bits per heavy atom. The van der Waals surface area contributed by atoms with Crippen molar-refractivity contribution in [2.24, 2.45) is 0 Å². The Hall–Kier alpha value is -3.66. The van der Waals surface area contributed by atoms with Crippen LogP contribution in [-0.2, 0) is 11.2 Å². The third kappa shape index (κ3) is 3.46. The van der Waals surface area contributed by atoms with Gasteiger partial charge in [0.25, 0.3) is 0 Å². The van der Waals surface area contributed by atoms with Gasteiger partial charge in [-0.3, -0.25) is 4.57 Å². The van der Waals surface area contributed by atoms with Crippen LogP contribution in [0.5, 0.6) is 0 Å². The second-order valence-corrected chi connectivity index (χ2v) is 7.95. The fraction of sp³-hybridized carbons (Fsp3) is 0.444. The van der Waals surface area contributed by atoms with Crippen LogP contribution in [0, 0.1) is 0 Å². The van der Waals surface area contributed by atoms with Gasteiger partial charge >= 0.3 is 0 Å². The minimum atomic E-state index is -1.66. The largest absolute Gasteiger partial charge is 0.394 e. The summed E-state index contributed by atoms with van der Waals surface area (Å²) in [6.45, 7) is 1.45. The molecular formula is C18H23N11O4. The Bertz CT molecular complexity index is 1320. The standard InChI is InChI=1S/C18H23N11O4/c1-18(32)11(31)7(4-30)33-16(18)29-6-24-10-13(22-5-23-15(10)29)21-3-2-8-25-9-12(19)27-17(20)28-14(9)26-8/h5-7,11,16,30-32H,2-4H2,1H3,(H,21,22,23)(H5,19,20,25,26,27,28)/t7-,11-,16-,18-/m1/s1. The Kier molecular flexibility index (Phi) is 4.97. The van der Waals surface area contributed by atoms with Gasteiger partial charge in [-0.2, -0.15) is 9.97 Å². The lowest BCUT2D eigenvalue weighted by Gasteiger charge is -2.27. The van der Waals surface area contributed by atoms with Crippen molar-refractivity contribution in [1.29, 1.82) is 0 Å². The summed E-state index contributed by atoms with van der Waals surface area (Å²) in [6.07, 6.45) is 0.0923. The van der Waals surface area contributed by atoms with Crippen LogP contribution in [0.2, 0.25) is 0 Å². The zero-order valence-electron chi connectivity index (χ0n) is 17.5. The average Bonchev–Trinajstić information content (AvgIpc) is 3.44. The molecule has 1 aliphatic rings. The maximum Gasteiger partial charge on any atom is 0.224 e. The summed E-state index contributed by atoms with van der Waals surface area (Å²) >= 11 is 0. The molecule has 5 heterocycles. The number of nitrogens with two attached hydrogens (primary N) is 2. The summed E-state index contributed by atoms with van der Waals surface area (Å²) in [5.41, 5.74) is 11.6. The van der Waals surface area contributed by atoms with Crippen molar-refractivity contribution in [3.05, 3.63) is 18.5 Å². The number of anilines is 3. The van der Waals surface area contributed by atoms with Crippen LogP contribution in [0.15, 0.2) is 12.7 Å². The molecule has 1 aliphatic heterocycles. The molecule has 4 aromatic heterocycles. The third-order valence-electron chi connectivity index (χ3n) is 5.65. The van der Waals surface area contributed by atoms with Crippen LogP contribution in [0.3, 0.4) is 0 Å². The van der Waals surface area contributed by atoms with Gasteiger partial charge in [0.1, 0.15) is 35.5 Å². The number of H-pyrrole nitrogens is 1. The number of aromatic amines is 1. The maximum absolute atomic E-state index is 10.8. The highest BCUT2D eigenvalue weighted by molar-refractivity contribution is 5.83. The smallest absolute Gasteiger partial charge is 0.224 e. The van der Waals surface area contributed by atoms with Gasteiger partial charge in [-0.1, -0.05) is 0 Å². The summed E-state index contributed by atoms with van der Waals surface area (Å²) < 4.78 is 7.17. The normalized spacial score (nSPS) is 25.3. The van der Waals surface area contributed by atoms with E-state index in [0.717, 1.165) is 0 Å². The summed E-state index contributed by atoms with van der Waals surface area (Å²) in [4.78, 5) is 28.3. The van der Waals surface area contributed by atoms with E-state index in [0.29, 0.717) is 46.9 Å². The summed E-state index contributed by atoms with van der Waals surface area (Å²) in [7, 11) is 0. The molecule has 33 heavy (non-hydrogen) atoms. The number of rotatable bonds is 6. The van der Waals surface area contributed by atoms with Gasteiger partial charge in [-0.05, 0) is 6.92 Å². The predicted molar refractivity (Wildman–Crippen MR) is 116 cm³/mol. The highest BCUT2D eigenvalue weighted by Crippen LogP contribution is 2.39. The van der Waals surface area contributed by atoms with E-state index in [9.17, 15) is 15.3 Å². The number of nitrogens with one attached hydrogen (secondary N) is 2. The molecule has 1 fully saturated rings. The van der Waals surface area contributed by atoms with Crippen molar-refractivity contribution in [3.63, 3.8) is 0 Å². The fourth-order valence-electron chi connectivity index (χ4n) is 3.94. The van der Waals surface area contributed by atoms with E-state index in [2.05, 4.69) is 40.2 Å². The minimum Gasteiger partial charge on any atom is -0.394 e. The molecule has 0 amide bonds. The number of hydrogen-bond donors (Lipinski definition) is 7. The van der Waals surface area contributed by atoms with E-state index in [1.807, 2.05) is 0 Å². The molecule has 0 bridgehead atoms. The Balaban J connectivity index is 1.35. The first-order valence-corrected chi connectivity index (χ1v) is 10.1. The molecule has 15 heteroatoms. The molecule has 5 rings (SSSR count). The van der Waals surface area contributed by atoms with Gasteiger partial charge in [-0.15, -0.1) is 0 Å². The molecule has 0 aliphatic carbocycles. The van der Waals surface area contributed by atoms with Crippen LogP contribution >= 0.6 is 0 Å². The van der Waals surface area contributed by atoms with E-state index in [1.54, 1.807) is 0 Å². The molecule has 4 aromatic rings. The molecule has 15 nitrogen and oxygen atoms in total. The number of aliphatic hydroxyl groups is 3. The van der Waals surface area contributed by atoms with E-state index in [4.69, 9.17) is 16.2 Å². The second-order valence-electron chi connectivity index (χ2n) is 7.95. The molecule has 0 saturated carbocycles. The average molecular weight is 457 g/mol. The highest BCUT2D eigenvalue weighted by atomic mass is 16.6. The Morgan fingerprint density at radius 1 is 1.24 bits per heavy atom. The number of hydrogen-bond acceptors (Lipinski definition) is 13. The van der Waals surface area contributed by atoms with Crippen molar-refractivity contribution < 1.29 is 20.1 Å². The quantitative estimate of drug-likeness (QED) is 0.171. The van der Waals surface area contributed by atoms with Crippen molar-refractivity contribution in [2.45, 2.75) is 37.4 Å². The fourth-order valence-corrected chi connectivity index (χ4v) is 3.94. The topological polar surface area (TPSA) is 232 Å². The molecule has 0 aromatic carbocycles. The third-order valence-corrected chi connectivity index (χ3v) is 5.65. The van der Waals surface area contributed by atoms with Gasteiger partial charge < -0.3 is 41.8 Å². The molecular weight excluding hydrogens is 434 g/mol. The lowest BCUT2D eigenvalue weighted by molar-refractivity contribution is -0.0950. The van der Waals surface area contributed by atoms with Crippen molar-refractivity contribution >= 4 is 39.9 Å². The maximum atomic E-state index is 10.8. The number of imidazole rings is 2. The zero-order valence-corrected chi connectivity index (χ0v) is 17.5. The van der Waals surface area contributed by atoms with E-state index < -0.39 is 30.6 Å². The first-order chi connectivity index (χ1) is 15.8. The van der Waals surface area contributed by atoms with Crippen molar-refractivity contribution in [2.75, 3.05) is 29.9 Å². The number of aliphatic hydroxyl groups excluding tert-OH is 2. The summed E-state index contributed by atoms with van der Waals surface area (Å²) in [6, 6.07) is 0. The number of ether oxygens (including phenoxy) is 1. The molecule has 174 valence electrons. The highest BCUT2D eigenvalue weighted by Gasteiger charge is 2.53. The number of nitrogens with zero attached hydrogens (tertiary/aromatic N) is 7. The number of nitrogen functional groups attached to an aromatic ring is 2. The molecule has 9 N–H and O–H groups in total. The lowest BCUT2D eigenvalue weighted by atomic mass is 9.96. The van der Waals surface area contributed by atoms with Gasteiger partial charge in [0.05, 0.1) is 12.9 Å². The van der Waals surface area contributed by atoms with Gasteiger partial charge in [0.15, 0.2) is 34.7 Å². The van der Waals surface area contributed by atoms with Crippen molar-refractivity contribution in [3.8, 4) is 0 Å². The molecule has 0 radical (unpaired) electrons. The van der Waals surface area contributed by atoms with Gasteiger partial charge in [0.2, 0.25) is 5.95 Å². The van der Waals surface area contributed by atoms with Crippen LogP contribution in [0.4, 0.5) is 17.6 Å². The van der Waals surface area contributed by atoms with Gasteiger partial charge in [-0.25, -0.2) is 19.9 Å². The van der Waals surface area contributed by atoms with E-state index in [1.165, 1.54) is 24.1 Å². The molecule has 0 unspecified atom stereocenters. The van der Waals surface area contributed by atoms with Crippen LogP contribution in [0.25, 0.3) is 22.3 Å². The first-order valence-electron chi connectivity index (χ1n) is 10.1. The summed E-state index contributed by atoms with van der Waals surface area (Å²) in [5.74, 6) is 1.39. The molecule has 0 spiro atoms.